The Morgan fingerprint density at radius 1 is 0.292 bits per heavy atom. The lowest BCUT2D eigenvalue weighted by Crippen LogP contribution is -2.31. The lowest BCUT2D eigenvalue weighted by molar-refractivity contribution is -0.660. The van der Waals surface area contributed by atoms with Gasteiger partial charge in [-0.1, -0.05) is 152 Å². The van der Waals surface area contributed by atoms with Crippen LogP contribution in [0.15, 0.2) is 274 Å². The fourth-order valence-electron chi connectivity index (χ4n) is 13.9. The third-order valence-corrected chi connectivity index (χ3v) is 19.1. The van der Waals surface area contributed by atoms with Crippen LogP contribution in [0.25, 0.3) is 166 Å². The number of para-hydroxylation sites is 2. The predicted molar refractivity (Wildman–Crippen MR) is 394 cm³/mol. The molecule has 0 unspecified atom stereocenters. The van der Waals surface area contributed by atoms with Gasteiger partial charge in [0.1, 0.15) is 43.5 Å². The molecule has 462 valence electrons. The number of hydrogen-bond donors (Lipinski definition) is 0. The van der Waals surface area contributed by atoms with Crippen molar-refractivity contribution < 1.29 is 31.1 Å². The molecule has 18 aromatic rings. The van der Waals surface area contributed by atoms with E-state index in [1.165, 1.54) is 55.4 Å². The summed E-state index contributed by atoms with van der Waals surface area (Å²) >= 11 is 0. The molecule has 0 aliphatic rings. The van der Waals surface area contributed by atoms with Crippen LogP contribution in [-0.4, -0.2) is 9.97 Å². The summed E-state index contributed by atoms with van der Waals surface area (Å²) in [6.45, 7) is 8.32. The molecule has 0 spiro atoms. The van der Waals surface area contributed by atoms with Crippen molar-refractivity contribution in [3.05, 3.63) is 295 Å². The number of fused-ring (bicyclic) bond motifs is 12. The van der Waals surface area contributed by atoms with Crippen molar-refractivity contribution in [3.63, 3.8) is 0 Å². The summed E-state index contributed by atoms with van der Waals surface area (Å²) in [7, 11) is 6.08. The third-order valence-electron chi connectivity index (χ3n) is 19.1. The van der Waals surface area contributed by atoms with Crippen LogP contribution >= 0.6 is 0 Å². The summed E-state index contributed by atoms with van der Waals surface area (Å²) in [6, 6.07) is 84.2. The maximum absolute atomic E-state index is 8.12. The highest BCUT2D eigenvalue weighted by Crippen LogP contribution is 2.40. The van der Waals surface area contributed by atoms with Crippen LogP contribution in [-0.2, 0) is 21.1 Å². The summed E-state index contributed by atoms with van der Waals surface area (Å²) in [5.74, 6) is 0. The predicted octanol–water partition coefficient (Wildman–Crippen LogP) is 21.3. The van der Waals surface area contributed by atoms with Gasteiger partial charge >= 0.3 is 0 Å². The number of benzene rings is 10. The number of pyridine rings is 5. The van der Waals surface area contributed by atoms with Crippen LogP contribution in [0.2, 0.25) is 0 Å². The van der Waals surface area contributed by atoms with Crippen molar-refractivity contribution in [2.24, 2.45) is 21.1 Å². The van der Waals surface area contributed by atoms with E-state index in [4.69, 9.17) is 27.3 Å². The van der Waals surface area contributed by atoms with Crippen molar-refractivity contribution >= 4 is 98.7 Å². The molecule has 0 aliphatic heterocycles. The van der Waals surface area contributed by atoms with Gasteiger partial charge in [-0.25, -0.2) is 23.7 Å². The second-order valence-electron chi connectivity index (χ2n) is 25.5. The number of aryl methyl sites for hydroxylation is 9. The Bertz CT molecular complexity index is 6250. The summed E-state index contributed by atoms with van der Waals surface area (Å²) in [5, 5.41) is 11.2. The van der Waals surface area contributed by atoms with E-state index in [-0.39, 0.29) is 0 Å². The number of aromatic nitrogens is 5. The topological polar surface area (TPSA) is 76.8 Å². The Hall–Kier alpha value is -11.9. The fourth-order valence-corrected chi connectivity index (χ4v) is 13.9. The lowest BCUT2D eigenvalue weighted by Gasteiger charge is -2.10. The maximum Gasteiger partial charge on any atom is 0.227 e. The molecule has 8 heteroatoms. The van der Waals surface area contributed by atoms with E-state index in [9.17, 15) is 0 Å². The highest BCUT2D eigenvalue weighted by molar-refractivity contribution is 6.12. The van der Waals surface area contributed by atoms with Crippen molar-refractivity contribution in [1.82, 2.24) is 9.97 Å². The molecule has 18 rings (SSSR count). The molecule has 8 nitrogen and oxygen atoms in total. The Balaban J connectivity index is 0.000000116. The monoisotopic (exact) mass is 1250 g/mol. The molecule has 10 aromatic carbocycles. The number of nitrogens with zero attached hydrogens (tertiary/aromatic N) is 5. The van der Waals surface area contributed by atoms with Gasteiger partial charge in [-0.15, -0.1) is 0 Å². The van der Waals surface area contributed by atoms with E-state index in [2.05, 4.69) is 258 Å². The van der Waals surface area contributed by atoms with Gasteiger partial charge in [0.05, 0.1) is 22.2 Å². The first-order chi connectivity index (χ1) is 48.0. The zero-order valence-electron chi connectivity index (χ0n) is 57.8. The highest BCUT2D eigenvalue weighted by atomic mass is 16.3. The van der Waals surface area contributed by atoms with Gasteiger partial charge < -0.3 is 13.3 Å². The Morgan fingerprint density at radius 2 is 0.698 bits per heavy atom. The molecule has 0 bridgehead atoms. The summed E-state index contributed by atoms with van der Waals surface area (Å²) in [4.78, 5) is 9.67. The largest absolute Gasteiger partial charge is 0.456 e. The zero-order valence-corrected chi connectivity index (χ0v) is 54.8. The SMILES string of the molecule is Cc1cc2c(cc1-c1cc(-c3ccccc3)cc[n+]1C)oc1nc3c(C)cccc3cc12.Cc1cc2oc3cc4ccccc4cc3c2cc1-c1cc(-c2ccccc2)cc[n+]1C.[2H]C([2H])([2H])c1c[n+](C)c(-c2cc3oc4nc5c(C)cccc5cc4c3cc2C)cc1-c1ccccc1. The van der Waals surface area contributed by atoms with E-state index in [1.807, 2.05) is 66.2 Å². The normalized spacial score (nSPS) is 12.2. The molecule has 0 radical (unpaired) electrons. The van der Waals surface area contributed by atoms with E-state index < -0.39 is 6.85 Å². The van der Waals surface area contributed by atoms with Crippen LogP contribution in [0.3, 0.4) is 0 Å². The molecule has 0 fully saturated rings. The molecular weight excluding hydrogens is 1170 g/mol. The number of rotatable bonds is 6. The minimum atomic E-state index is -2.23. The van der Waals surface area contributed by atoms with Gasteiger partial charge in [-0.05, 0) is 174 Å². The molecule has 8 aromatic heterocycles. The first kappa shape index (κ1) is 55.7. The molecule has 0 amide bonds. The second-order valence-corrected chi connectivity index (χ2v) is 25.5. The maximum atomic E-state index is 8.12. The molecule has 96 heavy (non-hydrogen) atoms. The molecule has 0 aliphatic carbocycles. The van der Waals surface area contributed by atoms with Gasteiger partial charge in [0.2, 0.25) is 28.5 Å². The van der Waals surface area contributed by atoms with Crippen LogP contribution in [0.4, 0.5) is 0 Å². The van der Waals surface area contributed by atoms with Gasteiger partial charge in [-0.3, -0.25) is 0 Å². The standard InChI is InChI=1S/C30H25N2O.C29H23N2O.C29H22NO/c1-18-9-8-12-22-14-26-25-13-19(2)24(16-28(25)33-30(26)31-29(18)22)27-15-23(20(3)17-32(27)4)21-10-6-5-7-11-21;1-18-8-7-11-22-15-25-24-14-19(2)23(17-27(24)32-29(25)30-28(18)22)26-16-21(12-13-31(26)3)20-9-5-4-6-10-20;1-19-14-28-26(25-15-21-10-6-7-11-22(21)17-29(25)31-28)18-24(19)27-16-23(12-13-30(27)2)20-8-4-3-5-9-20/h5-17H,1-4H3;4-17H,1-3H3;3-18H,1-2H3/q3*+1/i3D3;;. The first-order valence-electron chi connectivity index (χ1n) is 34.0. The van der Waals surface area contributed by atoms with Crippen molar-refractivity contribution in [2.45, 2.75) is 41.5 Å². The zero-order chi connectivity index (χ0) is 68.0. The van der Waals surface area contributed by atoms with Crippen molar-refractivity contribution in [2.75, 3.05) is 0 Å². The van der Waals surface area contributed by atoms with Crippen molar-refractivity contribution in [3.8, 4) is 67.2 Å². The number of hydrogen-bond acceptors (Lipinski definition) is 5. The summed E-state index contributed by atoms with van der Waals surface area (Å²) < 4.78 is 49.4. The van der Waals surface area contributed by atoms with Gasteiger partial charge in [0.15, 0.2) is 18.6 Å². The van der Waals surface area contributed by atoms with Crippen LogP contribution < -0.4 is 13.7 Å². The second kappa shape index (κ2) is 23.9. The van der Waals surface area contributed by atoms with E-state index in [0.717, 1.165) is 121 Å². The third kappa shape index (κ3) is 10.7. The van der Waals surface area contributed by atoms with E-state index >= 15 is 0 Å². The summed E-state index contributed by atoms with van der Waals surface area (Å²) in [5.41, 5.74) is 25.9. The van der Waals surface area contributed by atoms with Gasteiger partial charge in [0, 0.05) is 88.7 Å². The average molecular weight is 1250 g/mol. The Labute approximate surface area is 561 Å². The minimum Gasteiger partial charge on any atom is -0.456 e. The molecule has 0 saturated carbocycles. The highest BCUT2D eigenvalue weighted by Gasteiger charge is 2.23. The van der Waals surface area contributed by atoms with Crippen molar-refractivity contribution in [1.29, 1.82) is 0 Å². The van der Waals surface area contributed by atoms with Gasteiger partial charge in [-0.2, -0.15) is 0 Å². The van der Waals surface area contributed by atoms with Crippen LogP contribution in [0.5, 0.6) is 0 Å². The smallest absolute Gasteiger partial charge is 0.227 e. The molecule has 0 saturated heterocycles. The fraction of sp³-hybridized carbons (Fsp3) is 0.102. The quantitative estimate of drug-likeness (QED) is 0.155. The molecule has 0 N–H and O–H groups in total. The van der Waals surface area contributed by atoms with E-state index in [1.54, 1.807) is 6.20 Å². The van der Waals surface area contributed by atoms with Gasteiger partial charge in [0.25, 0.3) is 0 Å². The first-order valence-corrected chi connectivity index (χ1v) is 32.5. The minimum absolute atomic E-state index is 0.327. The van der Waals surface area contributed by atoms with E-state index in [0.29, 0.717) is 22.6 Å². The molecular formula is C88H70N5O3+3. The van der Waals surface area contributed by atoms with Crippen LogP contribution in [0, 0.1) is 41.5 Å². The summed E-state index contributed by atoms with van der Waals surface area (Å²) in [6.07, 6.45) is 5.99. The molecule has 0 atom stereocenters. The Kier molecular flexibility index (Phi) is 13.9. The number of furan rings is 3. The Morgan fingerprint density at radius 3 is 1.22 bits per heavy atom. The average Bonchev–Trinajstić information content (AvgIpc) is 1.75. The molecule has 8 heterocycles. The lowest BCUT2D eigenvalue weighted by atomic mass is 9.96. The van der Waals surface area contributed by atoms with Crippen LogP contribution in [0.1, 0.15) is 37.5 Å².